The van der Waals surface area contributed by atoms with E-state index in [1.807, 2.05) is 0 Å². The summed E-state index contributed by atoms with van der Waals surface area (Å²) in [7, 11) is 0. The van der Waals surface area contributed by atoms with Crippen molar-refractivity contribution in [2.75, 3.05) is 0 Å². The van der Waals surface area contributed by atoms with E-state index < -0.39 is 0 Å². The van der Waals surface area contributed by atoms with Crippen LogP contribution in [0.2, 0.25) is 0 Å². The second-order valence-corrected chi connectivity index (χ2v) is 11.7. The number of fused-ring (bicyclic) bond motifs is 5. The van der Waals surface area contributed by atoms with Crippen molar-refractivity contribution < 1.29 is 0 Å². The molecule has 0 nitrogen and oxygen atoms in total. The summed E-state index contributed by atoms with van der Waals surface area (Å²) >= 11 is 0. The molecule has 5 rings (SSSR count). The fourth-order valence-corrected chi connectivity index (χ4v) is 9.96. The fourth-order valence-electron chi connectivity index (χ4n) is 9.96. The molecule has 0 heterocycles. The molecule has 0 heteroatoms. The fraction of sp³-hybridized carbons (Fsp3) is 0.926. The highest BCUT2D eigenvalue weighted by molar-refractivity contribution is 5.18. The molecule has 5 aliphatic carbocycles. The minimum atomic E-state index is 0.633. The molecule has 27 heavy (non-hydrogen) atoms. The minimum Gasteiger partial charge on any atom is -0.0996 e. The maximum atomic E-state index is 4.57. The van der Waals surface area contributed by atoms with E-state index in [0.717, 1.165) is 46.8 Å². The molecule has 0 aromatic rings. The van der Waals surface area contributed by atoms with Crippen LogP contribution in [0.1, 0.15) is 104 Å². The normalized spacial score (nSPS) is 52.0. The molecule has 5 saturated carbocycles. The Morgan fingerprint density at radius 3 is 2.33 bits per heavy atom. The lowest BCUT2D eigenvalue weighted by atomic mass is 9.42. The van der Waals surface area contributed by atoms with Gasteiger partial charge in [0, 0.05) is 0 Å². The van der Waals surface area contributed by atoms with Crippen LogP contribution >= 0.6 is 0 Å². The number of allylic oxidation sites excluding steroid dienone is 1. The molecule has 0 aromatic heterocycles. The summed E-state index contributed by atoms with van der Waals surface area (Å²) in [6, 6.07) is 0. The molecule has 5 fully saturated rings. The van der Waals surface area contributed by atoms with Crippen molar-refractivity contribution in [1.29, 1.82) is 0 Å². The summed E-state index contributed by atoms with van der Waals surface area (Å²) in [5.41, 5.74) is 3.01. The second-order valence-electron chi connectivity index (χ2n) is 11.7. The van der Waals surface area contributed by atoms with Crippen molar-refractivity contribution in [2.45, 2.75) is 104 Å². The highest BCUT2D eigenvalue weighted by Gasteiger charge is 2.65. The van der Waals surface area contributed by atoms with Crippen LogP contribution in [0.3, 0.4) is 0 Å². The van der Waals surface area contributed by atoms with Gasteiger partial charge in [-0.05, 0) is 129 Å². The average molecular weight is 369 g/mol. The summed E-state index contributed by atoms with van der Waals surface area (Å²) in [6.07, 6.45) is 19.7. The van der Waals surface area contributed by atoms with Crippen LogP contribution in [0.15, 0.2) is 12.2 Å². The van der Waals surface area contributed by atoms with Crippen LogP contribution in [0.5, 0.6) is 0 Å². The lowest BCUT2D eigenvalue weighted by molar-refractivity contribution is -0.139. The Hall–Kier alpha value is -0.260. The third-order valence-corrected chi connectivity index (χ3v) is 11.2. The Bertz CT molecular complexity index is 585. The zero-order valence-corrected chi connectivity index (χ0v) is 18.4. The van der Waals surface area contributed by atoms with Gasteiger partial charge < -0.3 is 0 Å². The third-order valence-electron chi connectivity index (χ3n) is 11.2. The maximum absolute atomic E-state index is 4.57. The Morgan fingerprint density at radius 1 is 0.852 bits per heavy atom. The van der Waals surface area contributed by atoms with Gasteiger partial charge in [-0.2, -0.15) is 0 Å². The predicted octanol–water partition coefficient (Wildman–Crippen LogP) is 8.03. The van der Waals surface area contributed by atoms with E-state index in [4.69, 9.17) is 0 Å². The maximum Gasteiger partial charge on any atom is -0.0147 e. The largest absolute Gasteiger partial charge is 0.0996 e. The lowest BCUT2D eigenvalue weighted by Crippen LogP contribution is -2.56. The predicted molar refractivity (Wildman–Crippen MR) is 115 cm³/mol. The van der Waals surface area contributed by atoms with E-state index in [1.165, 1.54) is 38.5 Å². The molecule has 152 valence electrons. The Kier molecular flexibility index (Phi) is 4.61. The first kappa shape index (κ1) is 18.7. The van der Waals surface area contributed by atoms with E-state index in [2.05, 4.69) is 27.4 Å². The molecule has 0 aliphatic heterocycles. The SMILES string of the molecule is C=C(CC)C1CCC2C3CCC4CC(C)CCC4(C4CC4)C3CCC12CC. The smallest absolute Gasteiger partial charge is 0.0147 e. The average Bonchev–Trinajstić information content (AvgIpc) is 3.47. The molecular formula is C27H44. The first-order valence-corrected chi connectivity index (χ1v) is 12.7. The molecule has 0 amide bonds. The van der Waals surface area contributed by atoms with Gasteiger partial charge in [-0.3, -0.25) is 0 Å². The Balaban J connectivity index is 1.48. The van der Waals surface area contributed by atoms with Crippen LogP contribution in [-0.2, 0) is 0 Å². The van der Waals surface area contributed by atoms with Gasteiger partial charge >= 0.3 is 0 Å². The van der Waals surface area contributed by atoms with Crippen LogP contribution in [0.25, 0.3) is 0 Å². The summed E-state index contributed by atoms with van der Waals surface area (Å²) in [5, 5.41) is 0. The minimum absolute atomic E-state index is 0.633. The van der Waals surface area contributed by atoms with Gasteiger partial charge in [0.15, 0.2) is 0 Å². The monoisotopic (exact) mass is 368 g/mol. The molecule has 8 atom stereocenters. The van der Waals surface area contributed by atoms with Gasteiger partial charge in [0.05, 0.1) is 0 Å². The van der Waals surface area contributed by atoms with E-state index in [1.54, 1.807) is 50.5 Å². The van der Waals surface area contributed by atoms with E-state index in [-0.39, 0.29) is 0 Å². The Labute approximate surface area is 169 Å². The molecular weight excluding hydrogens is 324 g/mol. The number of hydrogen-bond acceptors (Lipinski definition) is 0. The van der Waals surface area contributed by atoms with Gasteiger partial charge in [-0.15, -0.1) is 0 Å². The van der Waals surface area contributed by atoms with Crippen molar-refractivity contribution >= 4 is 0 Å². The topological polar surface area (TPSA) is 0 Å². The summed E-state index contributed by atoms with van der Waals surface area (Å²) in [6.45, 7) is 12.0. The van der Waals surface area contributed by atoms with Crippen LogP contribution < -0.4 is 0 Å². The van der Waals surface area contributed by atoms with Crippen molar-refractivity contribution in [3.8, 4) is 0 Å². The van der Waals surface area contributed by atoms with Gasteiger partial charge in [0.1, 0.15) is 0 Å². The quantitative estimate of drug-likeness (QED) is 0.440. The lowest BCUT2D eigenvalue weighted by Gasteiger charge is -2.63. The molecule has 0 bridgehead atoms. The van der Waals surface area contributed by atoms with Crippen molar-refractivity contribution in [3.05, 3.63) is 12.2 Å². The van der Waals surface area contributed by atoms with Gasteiger partial charge in [0.2, 0.25) is 0 Å². The molecule has 0 aromatic carbocycles. The van der Waals surface area contributed by atoms with E-state index >= 15 is 0 Å². The second kappa shape index (κ2) is 6.63. The molecule has 8 unspecified atom stereocenters. The van der Waals surface area contributed by atoms with E-state index in [9.17, 15) is 0 Å². The van der Waals surface area contributed by atoms with Gasteiger partial charge in [0.25, 0.3) is 0 Å². The van der Waals surface area contributed by atoms with Crippen LogP contribution in [0.4, 0.5) is 0 Å². The van der Waals surface area contributed by atoms with Crippen molar-refractivity contribution in [3.63, 3.8) is 0 Å². The molecule has 0 N–H and O–H groups in total. The summed E-state index contributed by atoms with van der Waals surface area (Å²) in [4.78, 5) is 0. The number of hydrogen-bond donors (Lipinski definition) is 0. The highest BCUT2D eigenvalue weighted by atomic mass is 14.7. The van der Waals surface area contributed by atoms with Gasteiger partial charge in [-0.25, -0.2) is 0 Å². The number of rotatable bonds is 4. The first-order valence-electron chi connectivity index (χ1n) is 12.7. The van der Waals surface area contributed by atoms with Crippen molar-refractivity contribution in [2.24, 2.45) is 52.3 Å². The highest BCUT2D eigenvalue weighted by Crippen LogP contribution is 2.73. The van der Waals surface area contributed by atoms with E-state index in [0.29, 0.717) is 5.41 Å². The standard InChI is InChI=1S/C27H44/c1-5-19(4)23-11-12-24-22-10-9-21-17-18(3)13-16-27(21,20-7-8-20)25(22)14-15-26(23,24)6-2/h18,20-25H,4-17H2,1-3H3. The first-order chi connectivity index (χ1) is 13.1. The summed E-state index contributed by atoms with van der Waals surface area (Å²) < 4.78 is 0. The molecule has 0 radical (unpaired) electrons. The zero-order chi connectivity index (χ0) is 18.8. The van der Waals surface area contributed by atoms with Crippen LogP contribution in [-0.4, -0.2) is 0 Å². The molecule has 0 spiro atoms. The van der Waals surface area contributed by atoms with Crippen molar-refractivity contribution in [1.82, 2.24) is 0 Å². The Morgan fingerprint density at radius 2 is 1.63 bits per heavy atom. The zero-order valence-electron chi connectivity index (χ0n) is 18.4. The molecule has 0 saturated heterocycles. The third kappa shape index (κ3) is 2.53. The summed E-state index contributed by atoms with van der Waals surface area (Å²) in [5.74, 6) is 7.25. The van der Waals surface area contributed by atoms with Gasteiger partial charge in [-0.1, -0.05) is 39.3 Å². The molecule has 5 aliphatic rings. The van der Waals surface area contributed by atoms with Crippen LogP contribution in [0, 0.1) is 52.3 Å².